The number of aromatic nitrogens is 3. The van der Waals surface area contributed by atoms with E-state index in [1.807, 2.05) is 0 Å². The zero-order valence-electron chi connectivity index (χ0n) is 27.3. The summed E-state index contributed by atoms with van der Waals surface area (Å²) in [5.41, 5.74) is 16.2. The van der Waals surface area contributed by atoms with Crippen molar-refractivity contribution in [1.29, 1.82) is 0 Å². The first-order valence-corrected chi connectivity index (χ1v) is 16.9. The lowest BCUT2D eigenvalue weighted by molar-refractivity contribution is 0.758. The number of nitrogens with zero attached hydrogens (tertiary/aromatic N) is 4. The van der Waals surface area contributed by atoms with Crippen LogP contribution in [0.4, 0.5) is 11.5 Å². The normalized spacial score (nSPS) is 15.8. The van der Waals surface area contributed by atoms with Crippen molar-refractivity contribution in [2.75, 3.05) is 4.90 Å². The number of fused-ring (bicyclic) bond motifs is 7. The van der Waals surface area contributed by atoms with Gasteiger partial charge >= 0.3 is 0 Å². The summed E-state index contributed by atoms with van der Waals surface area (Å²) >= 11 is 0. The average Bonchev–Trinajstić information content (AvgIpc) is 3.40. The molecule has 6 aromatic rings. The molecule has 0 amide bonds. The monoisotopic (exact) mass is 620 g/mol. The summed E-state index contributed by atoms with van der Waals surface area (Å²) in [6.45, 7) is 4.12. The van der Waals surface area contributed by atoms with E-state index in [0.29, 0.717) is 0 Å². The van der Waals surface area contributed by atoms with Gasteiger partial charge in [0.2, 0.25) is 0 Å². The average molecular weight is 621 g/mol. The molecule has 2 aliphatic carbocycles. The summed E-state index contributed by atoms with van der Waals surface area (Å²) in [6.07, 6.45) is 16.6. The van der Waals surface area contributed by atoms with Crippen LogP contribution >= 0.6 is 0 Å². The van der Waals surface area contributed by atoms with Crippen LogP contribution in [0.15, 0.2) is 134 Å². The standard InChI is InChI=1S/C44H36N4/c1-29-14-12-22-39(45-29)31-26-32(40-23-13-15-30(2)46-40)28-34(27-31)48-42-25-11-9-21-38(42)43-37-20-7-6-18-35(37)36-19-8-10-24-41(36)47(44(43)48)33-16-4-3-5-17-33/h3-10,12-16,18-24,26-28,33H,11,17,25H2,1-2H3. The Morgan fingerprint density at radius 2 is 1.35 bits per heavy atom. The van der Waals surface area contributed by atoms with Gasteiger partial charge in [-0.2, -0.15) is 0 Å². The molecule has 48 heavy (non-hydrogen) atoms. The number of anilines is 2. The van der Waals surface area contributed by atoms with Crippen molar-refractivity contribution in [2.45, 2.75) is 39.2 Å². The summed E-state index contributed by atoms with van der Waals surface area (Å²) < 4.78 is 2.57. The van der Waals surface area contributed by atoms with E-state index < -0.39 is 0 Å². The van der Waals surface area contributed by atoms with Crippen LogP contribution in [0, 0.1) is 13.8 Å². The van der Waals surface area contributed by atoms with E-state index in [2.05, 4.69) is 163 Å². The maximum atomic E-state index is 4.99. The third-order valence-corrected chi connectivity index (χ3v) is 9.83. The van der Waals surface area contributed by atoms with Crippen molar-refractivity contribution in [3.63, 3.8) is 0 Å². The van der Waals surface area contributed by atoms with E-state index in [9.17, 15) is 0 Å². The van der Waals surface area contributed by atoms with E-state index >= 15 is 0 Å². The maximum Gasteiger partial charge on any atom is 0.127 e. The van der Waals surface area contributed by atoms with Crippen LogP contribution in [0.3, 0.4) is 0 Å². The highest BCUT2D eigenvalue weighted by atomic mass is 15.3. The lowest BCUT2D eigenvalue weighted by Gasteiger charge is -2.34. The molecule has 0 saturated carbocycles. The van der Waals surface area contributed by atoms with Gasteiger partial charge in [0.15, 0.2) is 0 Å². The molecule has 9 rings (SSSR count). The molecule has 0 radical (unpaired) electrons. The van der Waals surface area contributed by atoms with E-state index in [-0.39, 0.29) is 6.04 Å². The Balaban J connectivity index is 1.41. The van der Waals surface area contributed by atoms with Gasteiger partial charge < -0.3 is 4.90 Å². The van der Waals surface area contributed by atoms with Crippen molar-refractivity contribution in [1.82, 2.24) is 14.5 Å². The van der Waals surface area contributed by atoms with E-state index in [0.717, 1.165) is 58.9 Å². The molecule has 0 spiro atoms. The molecule has 1 atom stereocenters. The van der Waals surface area contributed by atoms with Crippen molar-refractivity contribution >= 4 is 17.6 Å². The van der Waals surface area contributed by atoms with E-state index in [1.165, 1.54) is 45.0 Å². The smallest absolute Gasteiger partial charge is 0.127 e. The Labute approximate surface area is 282 Å². The Kier molecular flexibility index (Phi) is 6.82. The largest absolute Gasteiger partial charge is 0.319 e. The second-order valence-electron chi connectivity index (χ2n) is 13.0. The van der Waals surface area contributed by atoms with Gasteiger partial charge in [0.1, 0.15) is 5.82 Å². The van der Waals surface area contributed by atoms with Crippen LogP contribution in [0.5, 0.6) is 0 Å². The molecular formula is C44H36N4. The number of hydrogen-bond acceptors (Lipinski definition) is 3. The fourth-order valence-electron chi connectivity index (χ4n) is 7.74. The summed E-state index contributed by atoms with van der Waals surface area (Å²) in [4.78, 5) is 12.6. The number of allylic oxidation sites excluding steroid dienone is 3. The van der Waals surface area contributed by atoms with Gasteiger partial charge in [0.05, 0.1) is 23.1 Å². The molecule has 3 aromatic carbocycles. The second kappa shape index (κ2) is 11.5. The minimum atomic E-state index is 0.155. The first kappa shape index (κ1) is 28.5. The van der Waals surface area contributed by atoms with Gasteiger partial charge in [-0.1, -0.05) is 91.1 Å². The predicted molar refractivity (Wildman–Crippen MR) is 199 cm³/mol. The van der Waals surface area contributed by atoms with Crippen molar-refractivity contribution in [3.05, 3.63) is 156 Å². The summed E-state index contributed by atoms with van der Waals surface area (Å²) in [5.74, 6) is 1.21. The Bertz CT molecular complexity index is 2250. The molecule has 3 aromatic heterocycles. The van der Waals surface area contributed by atoms with Crippen LogP contribution in [0.25, 0.3) is 56.5 Å². The number of benzene rings is 3. The predicted octanol–water partition coefficient (Wildman–Crippen LogP) is 10.8. The third-order valence-electron chi connectivity index (χ3n) is 9.83. The van der Waals surface area contributed by atoms with Crippen molar-refractivity contribution < 1.29 is 0 Å². The maximum absolute atomic E-state index is 4.99. The molecule has 4 nitrogen and oxygen atoms in total. The van der Waals surface area contributed by atoms with Crippen LogP contribution in [-0.4, -0.2) is 20.6 Å². The number of hydrogen-bond donors (Lipinski definition) is 0. The van der Waals surface area contributed by atoms with Gasteiger partial charge in [0.25, 0.3) is 0 Å². The minimum absolute atomic E-state index is 0.155. The van der Waals surface area contributed by atoms with Gasteiger partial charge in [-0.25, -0.2) is 0 Å². The molecule has 0 N–H and O–H groups in total. The highest BCUT2D eigenvalue weighted by molar-refractivity contribution is 6.03. The molecule has 4 heteroatoms. The molecule has 1 aliphatic heterocycles. The first-order valence-electron chi connectivity index (χ1n) is 16.9. The zero-order chi connectivity index (χ0) is 32.2. The van der Waals surface area contributed by atoms with Crippen molar-refractivity contribution in [2.24, 2.45) is 0 Å². The van der Waals surface area contributed by atoms with Crippen LogP contribution in [0.1, 0.15) is 35.5 Å². The van der Waals surface area contributed by atoms with Gasteiger partial charge in [-0.3, -0.25) is 14.5 Å². The quantitative estimate of drug-likeness (QED) is 0.197. The van der Waals surface area contributed by atoms with Gasteiger partial charge in [-0.15, -0.1) is 0 Å². The number of pyridine rings is 2. The Morgan fingerprint density at radius 1 is 0.667 bits per heavy atom. The zero-order valence-corrected chi connectivity index (χ0v) is 27.3. The third kappa shape index (κ3) is 4.67. The highest BCUT2D eigenvalue weighted by Gasteiger charge is 2.36. The van der Waals surface area contributed by atoms with Gasteiger partial charge in [0, 0.05) is 50.6 Å². The highest BCUT2D eigenvalue weighted by Crippen LogP contribution is 2.54. The number of rotatable bonds is 4. The van der Waals surface area contributed by atoms with E-state index in [4.69, 9.17) is 9.97 Å². The lowest BCUT2D eigenvalue weighted by Crippen LogP contribution is -2.32. The topological polar surface area (TPSA) is 34.0 Å². The number of para-hydroxylation sites is 1. The van der Waals surface area contributed by atoms with Crippen molar-refractivity contribution in [3.8, 4) is 50.5 Å². The fourth-order valence-corrected chi connectivity index (χ4v) is 7.74. The van der Waals surface area contributed by atoms with Crippen LogP contribution < -0.4 is 4.90 Å². The molecule has 4 heterocycles. The summed E-state index contributed by atoms with van der Waals surface area (Å²) in [7, 11) is 0. The molecule has 0 fully saturated rings. The molecule has 3 aliphatic rings. The Hall–Kier alpha value is -5.74. The molecule has 1 unspecified atom stereocenters. The van der Waals surface area contributed by atoms with Crippen LogP contribution in [-0.2, 0) is 6.42 Å². The first-order chi connectivity index (χ1) is 23.6. The summed E-state index contributed by atoms with van der Waals surface area (Å²) in [5, 5.41) is 0. The second-order valence-corrected chi connectivity index (χ2v) is 13.0. The molecule has 232 valence electrons. The summed E-state index contributed by atoms with van der Waals surface area (Å²) in [6, 6.07) is 37.5. The lowest BCUT2D eigenvalue weighted by atomic mass is 9.92. The Morgan fingerprint density at radius 3 is 2.04 bits per heavy atom. The SMILES string of the molecule is Cc1cccc(-c2cc(-c3cccc(C)n3)cc(-n3c4c(c5c3N(C3C=CC=CC3)c3ccccc3-c3ccccc3-5)C=CCC4)c2)n1. The van der Waals surface area contributed by atoms with E-state index in [1.54, 1.807) is 0 Å². The minimum Gasteiger partial charge on any atom is -0.319 e. The molecular weight excluding hydrogens is 585 g/mol. The molecule has 0 saturated heterocycles. The fraction of sp³-hybridized carbons (Fsp3) is 0.136. The molecule has 0 bridgehead atoms. The van der Waals surface area contributed by atoms with Gasteiger partial charge in [-0.05, 0) is 92.8 Å². The van der Waals surface area contributed by atoms with Crippen LogP contribution in [0.2, 0.25) is 0 Å². The number of aryl methyl sites for hydroxylation is 2.